The number of aryl methyl sites for hydroxylation is 2. The normalized spacial score (nSPS) is 22.8. The molecule has 8 atom stereocenters. The summed E-state index contributed by atoms with van der Waals surface area (Å²) in [6.07, 6.45) is 17.9. The fourth-order valence-electron chi connectivity index (χ4n) is 10.4. The van der Waals surface area contributed by atoms with Crippen LogP contribution in [0, 0.1) is 23.7 Å². The Balaban J connectivity index is 0.000000166. The number of amides is 2. The van der Waals surface area contributed by atoms with Gasteiger partial charge in [-0.1, -0.05) is 24.3 Å². The van der Waals surface area contributed by atoms with E-state index >= 15 is 0 Å². The third-order valence-corrected chi connectivity index (χ3v) is 18.2. The summed E-state index contributed by atoms with van der Waals surface area (Å²) in [4.78, 5) is 45.5. The molecule has 4 aliphatic carbocycles. The van der Waals surface area contributed by atoms with Gasteiger partial charge < -0.3 is 20.8 Å². The Bertz CT molecular complexity index is 2490. The van der Waals surface area contributed by atoms with Crippen LogP contribution in [0.3, 0.4) is 0 Å². The van der Waals surface area contributed by atoms with Crippen molar-refractivity contribution in [2.45, 2.75) is 101 Å². The molecule has 10 nitrogen and oxygen atoms in total. The van der Waals surface area contributed by atoms with Crippen LogP contribution in [0.5, 0.6) is 0 Å². The predicted molar refractivity (Wildman–Crippen MR) is 275 cm³/mol. The molecule has 0 bridgehead atoms. The van der Waals surface area contributed by atoms with Crippen molar-refractivity contribution in [1.82, 2.24) is 19.9 Å². The fraction of sp³-hybridized carbons (Fsp3) is 0.400. The van der Waals surface area contributed by atoms with Crippen molar-refractivity contribution in [1.29, 1.82) is 0 Å². The Labute approximate surface area is 426 Å². The molecule has 0 aliphatic heterocycles. The van der Waals surface area contributed by atoms with Gasteiger partial charge in [-0.3, -0.25) is 19.6 Å². The van der Waals surface area contributed by atoms with Crippen molar-refractivity contribution in [2.75, 3.05) is 10.6 Å². The molecule has 0 spiro atoms. The average Bonchev–Trinajstić information content (AvgIpc) is 4.19. The lowest BCUT2D eigenvalue weighted by molar-refractivity contribution is -0.118. The molecule has 2 fully saturated rings. The van der Waals surface area contributed by atoms with Crippen molar-refractivity contribution in [3.8, 4) is 0 Å². The summed E-state index contributed by atoms with van der Waals surface area (Å²) in [5.41, 5.74) is 7.73. The van der Waals surface area contributed by atoms with Gasteiger partial charge in [0.05, 0.1) is 46.8 Å². The minimum atomic E-state index is -0.442. The molecule has 2 amide bonds. The first-order valence-electron chi connectivity index (χ1n) is 22.6. The SMILES string of the molecule is O=C(Nc1ccc(C[C@@H]2CC[C@H]([C@H](O)c3cccnc3)C2)cc1Br)[C@@H]1CCc2sc(Br)nc21.O=C(Nc1ccc(C[C@@H]2CC[C@H]([C@H](O)c3cccnc3)C2)cc1Br)[C@H]1CCc2sc(Br)nc21. The molecule has 4 heterocycles. The van der Waals surface area contributed by atoms with E-state index in [0.29, 0.717) is 11.8 Å². The van der Waals surface area contributed by atoms with Crippen LogP contribution in [-0.2, 0) is 35.3 Å². The topological polar surface area (TPSA) is 150 Å². The number of hydrogen-bond donors (Lipinski definition) is 4. The van der Waals surface area contributed by atoms with E-state index < -0.39 is 12.2 Å². The quantitative estimate of drug-likeness (QED) is 0.0946. The van der Waals surface area contributed by atoms with Crippen LogP contribution in [0.4, 0.5) is 11.4 Å². The van der Waals surface area contributed by atoms with Crippen LogP contribution >= 0.6 is 86.4 Å². The smallest absolute Gasteiger partial charge is 0.233 e. The minimum Gasteiger partial charge on any atom is -0.388 e. The van der Waals surface area contributed by atoms with Gasteiger partial charge in [-0.25, -0.2) is 9.97 Å². The van der Waals surface area contributed by atoms with Gasteiger partial charge in [-0.2, -0.15) is 0 Å². The Kier molecular flexibility index (Phi) is 15.7. The monoisotopic (exact) mass is 1180 g/mol. The van der Waals surface area contributed by atoms with Gasteiger partial charge in [0, 0.05) is 43.5 Å². The number of pyridine rings is 2. The number of carbonyl (C=O) groups is 2. The first-order chi connectivity index (χ1) is 31.9. The minimum absolute atomic E-state index is 0.00280. The number of fused-ring (bicyclic) bond motifs is 2. The standard InChI is InChI=1S/2C25H25Br2N3O2S/c2*26-19-12-15(10-14-3-5-16(11-14)23(31)17-2-1-9-28-13-17)4-7-20(19)29-24(32)18-6-8-21-22(18)30-25(27)33-21/h2*1-2,4,7,9,12-14,16,18,23,31H,3,5-6,8,10-11H2,(H,29,32)/t14-,16-,18+,23-;14-,16-,18-,23-/m00/s1. The summed E-state index contributed by atoms with van der Waals surface area (Å²) < 4.78 is 3.49. The molecule has 10 rings (SSSR count). The van der Waals surface area contributed by atoms with Gasteiger partial charge >= 0.3 is 0 Å². The number of nitrogens with one attached hydrogen (secondary N) is 2. The van der Waals surface area contributed by atoms with E-state index in [1.165, 1.54) is 20.9 Å². The average molecular weight is 1180 g/mol. The third-order valence-electron chi connectivity index (χ3n) is 13.8. The molecule has 4 N–H and O–H groups in total. The van der Waals surface area contributed by atoms with E-state index in [1.54, 1.807) is 47.5 Å². The molecule has 2 aromatic carbocycles. The summed E-state index contributed by atoms with van der Waals surface area (Å²) in [6, 6.07) is 20.1. The number of hydrogen-bond acceptors (Lipinski definition) is 10. The number of rotatable bonds is 12. The summed E-state index contributed by atoms with van der Waals surface area (Å²) in [5, 5.41) is 27.6. The molecule has 0 unspecified atom stereocenters. The van der Waals surface area contributed by atoms with Crippen molar-refractivity contribution < 1.29 is 19.8 Å². The maximum Gasteiger partial charge on any atom is 0.233 e. The highest BCUT2D eigenvalue weighted by Gasteiger charge is 2.35. The van der Waals surface area contributed by atoms with E-state index in [-0.39, 0.29) is 35.5 Å². The van der Waals surface area contributed by atoms with Crippen LogP contribution in [-0.4, -0.2) is 42.0 Å². The zero-order valence-corrected chi connectivity index (χ0v) is 44.0. The summed E-state index contributed by atoms with van der Waals surface area (Å²) in [6.45, 7) is 0. The van der Waals surface area contributed by atoms with Gasteiger partial charge in [0.15, 0.2) is 7.83 Å². The molecule has 2 saturated carbocycles. The van der Waals surface area contributed by atoms with E-state index in [9.17, 15) is 19.8 Å². The third kappa shape index (κ3) is 11.3. The Morgan fingerprint density at radius 3 is 1.45 bits per heavy atom. The first kappa shape index (κ1) is 47.8. The Morgan fingerprint density at radius 2 is 1.06 bits per heavy atom. The van der Waals surface area contributed by atoms with Crippen LogP contribution in [0.2, 0.25) is 0 Å². The Morgan fingerprint density at radius 1 is 0.621 bits per heavy atom. The summed E-state index contributed by atoms with van der Waals surface area (Å²) in [7, 11) is 0. The molecular weight excluding hydrogens is 1130 g/mol. The Hall–Kier alpha value is -3.22. The predicted octanol–water partition coefficient (Wildman–Crippen LogP) is 12.8. The number of aliphatic hydroxyl groups excluding tert-OH is 2. The highest BCUT2D eigenvalue weighted by atomic mass is 79.9. The molecule has 16 heteroatoms. The molecule has 344 valence electrons. The molecule has 4 aliphatic rings. The lowest BCUT2D eigenvalue weighted by Gasteiger charge is -2.18. The number of aliphatic hydroxyl groups is 2. The number of thiazole rings is 2. The molecule has 0 saturated heterocycles. The zero-order chi connectivity index (χ0) is 45.9. The number of nitrogens with zero attached hydrogens (tertiary/aromatic N) is 4. The van der Waals surface area contributed by atoms with Crippen LogP contribution in [0.15, 0.2) is 102 Å². The van der Waals surface area contributed by atoms with E-state index in [0.717, 1.165) is 128 Å². The van der Waals surface area contributed by atoms with Gasteiger partial charge in [-0.05, 0) is 223 Å². The number of benzene rings is 2. The molecule has 4 aromatic heterocycles. The largest absolute Gasteiger partial charge is 0.388 e. The number of halogens is 4. The number of anilines is 2. The highest BCUT2D eigenvalue weighted by molar-refractivity contribution is 9.11. The van der Waals surface area contributed by atoms with Gasteiger partial charge in [0.1, 0.15) is 0 Å². The lowest BCUT2D eigenvalue weighted by atomic mass is 9.92. The van der Waals surface area contributed by atoms with Crippen molar-refractivity contribution in [2.24, 2.45) is 23.7 Å². The van der Waals surface area contributed by atoms with E-state index in [1.807, 2.05) is 36.4 Å². The summed E-state index contributed by atoms with van der Waals surface area (Å²) >= 11 is 17.4. The van der Waals surface area contributed by atoms with Gasteiger partial charge in [0.2, 0.25) is 11.8 Å². The zero-order valence-electron chi connectivity index (χ0n) is 36.0. The molecule has 0 radical (unpaired) electrons. The fourth-order valence-corrected chi connectivity index (χ4v) is 14.7. The second-order valence-corrected chi connectivity index (χ2v) is 24.5. The van der Waals surface area contributed by atoms with Crippen molar-refractivity contribution in [3.05, 3.63) is 146 Å². The molecule has 66 heavy (non-hydrogen) atoms. The van der Waals surface area contributed by atoms with Crippen LogP contribution in [0.25, 0.3) is 0 Å². The second kappa shape index (κ2) is 21.6. The van der Waals surface area contributed by atoms with E-state index in [4.69, 9.17) is 0 Å². The lowest BCUT2D eigenvalue weighted by Crippen LogP contribution is -2.20. The van der Waals surface area contributed by atoms with Crippen LogP contribution < -0.4 is 10.6 Å². The number of aromatic nitrogens is 4. The molecular formula is C50H50Br4N6O4S2. The second-order valence-electron chi connectivity index (χ2n) is 18.1. The summed E-state index contributed by atoms with van der Waals surface area (Å²) in [5.74, 6) is 1.30. The van der Waals surface area contributed by atoms with E-state index in [2.05, 4.69) is 119 Å². The maximum atomic E-state index is 12.9. The van der Waals surface area contributed by atoms with Crippen molar-refractivity contribution in [3.63, 3.8) is 0 Å². The molecule has 6 aromatic rings. The van der Waals surface area contributed by atoms with Crippen molar-refractivity contribution >= 4 is 110 Å². The maximum absolute atomic E-state index is 12.9. The van der Waals surface area contributed by atoms with Gasteiger partial charge in [-0.15, -0.1) is 22.7 Å². The van der Waals surface area contributed by atoms with Crippen LogP contribution in [0.1, 0.15) is 119 Å². The number of carbonyl (C=O) groups excluding carboxylic acids is 2. The highest BCUT2D eigenvalue weighted by Crippen LogP contribution is 2.44. The van der Waals surface area contributed by atoms with Gasteiger partial charge in [0.25, 0.3) is 0 Å². The first-order valence-corrected chi connectivity index (χ1v) is 27.4.